The first-order valence-electron chi connectivity index (χ1n) is 7.18. The molecule has 0 heterocycles. The minimum absolute atomic E-state index is 0.246. The van der Waals surface area contributed by atoms with Crippen LogP contribution in [0.2, 0.25) is 0 Å². The van der Waals surface area contributed by atoms with E-state index in [1.807, 2.05) is 29.6 Å². The van der Waals surface area contributed by atoms with Crippen molar-refractivity contribution in [1.82, 2.24) is 5.32 Å². The molecule has 0 bridgehead atoms. The number of para-hydroxylation sites is 1. The van der Waals surface area contributed by atoms with Gasteiger partial charge in [0.25, 0.3) is 5.91 Å². The van der Waals surface area contributed by atoms with E-state index in [0.29, 0.717) is 17.9 Å². The van der Waals surface area contributed by atoms with Crippen LogP contribution in [-0.2, 0) is 11.4 Å². The number of urea groups is 1. The van der Waals surface area contributed by atoms with Crippen LogP contribution >= 0.6 is 22.6 Å². The number of amides is 3. The number of ether oxygens (including phenoxy) is 1. The molecule has 2 aromatic rings. The van der Waals surface area contributed by atoms with Crippen LogP contribution in [0.3, 0.4) is 0 Å². The molecule has 0 saturated carbocycles. The molecular weight excluding hydrogens is 433 g/mol. The van der Waals surface area contributed by atoms with Gasteiger partial charge in [-0.1, -0.05) is 30.3 Å². The largest absolute Gasteiger partial charge is 0.488 e. The van der Waals surface area contributed by atoms with Crippen LogP contribution in [0.1, 0.15) is 11.1 Å². The molecule has 0 spiro atoms. The third-order valence-electron chi connectivity index (χ3n) is 3.13. The Bertz CT molecular complexity index is 855. The standard InChI is InChI=1S/C18H14IN3O3/c19-15-7-5-12(6-8-15)11-25-16-4-2-1-3-13(16)9-14(10-20)17(23)22-18(21)24/h1-9H,11H2,(H3,21,22,23,24)/b14-9-. The van der Waals surface area contributed by atoms with Crippen LogP contribution < -0.4 is 15.8 Å². The summed E-state index contributed by atoms with van der Waals surface area (Å²) in [6.45, 7) is 0.344. The lowest BCUT2D eigenvalue weighted by atomic mass is 10.1. The fourth-order valence-corrected chi connectivity index (χ4v) is 2.32. The summed E-state index contributed by atoms with van der Waals surface area (Å²) < 4.78 is 6.92. The second-order valence-electron chi connectivity index (χ2n) is 4.94. The number of halogens is 1. The number of hydrogen-bond donors (Lipinski definition) is 2. The zero-order valence-corrected chi connectivity index (χ0v) is 15.2. The van der Waals surface area contributed by atoms with Gasteiger partial charge < -0.3 is 10.5 Å². The topological polar surface area (TPSA) is 105 Å². The van der Waals surface area contributed by atoms with Gasteiger partial charge in [0, 0.05) is 9.13 Å². The first-order valence-corrected chi connectivity index (χ1v) is 8.26. The fraction of sp³-hybridized carbons (Fsp3) is 0.0556. The number of primary amides is 1. The Morgan fingerprint density at radius 3 is 2.52 bits per heavy atom. The predicted octanol–water partition coefficient (Wildman–Crippen LogP) is 2.97. The molecule has 0 aliphatic carbocycles. The Morgan fingerprint density at radius 2 is 1.88 bits per heavy atom. The van der Waals surface area contributed by atoms with Gasteiger partial charge in [0.1, 0.15) is 24.0 Å². The zero-order chi connectivity index (χ0) is 18.2. The Balaban J connectivity index is 2.20. The summed E-state index contributed by atoms with van der Waals surface area (Å²) in [5, 5.41) is 11.0. The lowest BCUT2D eigenvalue weighted by Crippen LogP contribution is -2.35. The van der Waals surface area contributed by atoms with Crippen molar-refractivity contribution in [2.24, 2.45) is 5.73 Å². The maximum Gasteiger partial charge on any atom is 0.319 e. The van der Waals surface area contributed by atoms with Crippen molar-refractivity contribution in [2.45, 2.75) is 6.61 Å². The molecule has 0 atom stereocenters. The van der Waals surface area contributed by atoms with E-state index < -0.39 is 11.9 Å². The Hall–Kier alpha value is -2.86. The number of nitrogens with two attached hydrogens (primary N) is 1. The predicted molar refractivity (Wildman–Crippen MR) is 101 cm³/mol. The molecule has 126 valence electrons. The van der Waals surface area contributed by atoms with Crippen molar-refractivity contribution < 1.29 is 14.3 Å². The Labute approximate surface area is 158 Å². The van der Waals surface area contributed by atoms with Crippen LogP contribution in [0.15, 0.2) is 54.1 Å². The highest BCUT2D eigenvalue weighted by molar-refractivity contribution is 14.1. The summed E-state index contributed by atoms with van der Waals surface area (Å²) >= 11 is 2.22. The molecule has 0 aromatic heterocycles. The molecule has 2 rings (SSSR count). The lowest BCUT2D eigenvalue weighted by molar-refractivity contribution is -0.115. The Morgan fingerprint density at radius 1 is 1.20 bits per heavy atom. The normalized spacial score (nSPS) is 10.6. The molecule has 0 aliphatic rings. The van der Waals surface area contributed by atoms with E-state index in [9.17, 15) is 9.59 Å². The number of imide groups is 1. The van der Waals surface area contributed by atoms with Gasteiger partial charge in [0.2, 0.25) is 0 Å². The van der Waals surface area contributed by atoms with Crippen LogP contribution in [-0.4, -0.2) is 11.9 Å². The summed E-state index contributed by atoms with van der Waals surface area (Å²) in [4.78, 5) is 22.5. The van der Waals surface area contributed by atoms with Crippen molar-refractivity contribution in [3.05, 3.63) is 68.8 Å². The SMILES string of the molecule is N#C/C(=C/c1ccccc1OCc1ccc(I)cc1)C(=O)NC(N)=O. The molecule has 0 unspecified atom stereocenters. The summed E-state index contributed by atoms with van der Waals surface area (Å²) in [6, 6.07) is 15.6. The van der Waals surface area contributed by atoms with Gasteiger partial charge in [-0.2, -0.15) is 5.26 Å². The Kier molecular flexibility index (Phi) is 6.54. The van der Waals surface area contributed by atoms with Gasteiger partial charge in [0.05, 0.1) is 0 Å². The molecule has 7 heteroatoms. The van der Waals surface area contributed by atoms with Gasteiger partial charge in [0.15, 0.2) is 0 Å². The molecule has 0 radical (unpaired) electrons. The van der Waals surface area contributed by atoms with Gasteiger partial charge in [-0.05, 0) is 52.4 Å². The highest BCUT2D eigenvalue weighted by Gasteiger charge is 2.12. The van der Waals surface area contributed by atoms with Crippen LogP contribution in [0, 0.1) is 14.9 Å². The molecule has 3 N–H and O–H groups in total. The summed E-state index contributed by atoms with van der Waals surface area (Å²) in [7, 11) is 0. The molecule has 25 heavy (non-hydrogen) atoms. The van der Waals surface area contributed by atoms with E-state index in [-0.39, 0.29) is 5.57 Å². The number of nitrogens with one attached hydrogen (secondary N) is 1. The first-order chi connectivity index (χ1) is 12.0. The van der Waals surface area contributed by atoms with E-state index in [1.54, 1.807) is 30.3 Å². The number of hydrogen-bond acceptors (Lipinski definition) is 4. The number of carbonyl (C=O) groups excluding carboxylic acids is 2. The van der Waals surface area contributed by atoms with Crippen molar-refractivity contribution in [2.75, 3.05) is 0 Å². The summed E-state index contributed by atoms with van der Waals surface area (Å²) in [5.74, 6) is -0.344. The number of benzene rings is 2. The van der Waals surface area contributed by atoms with Crippen molar-refractivity contribution in [3.63, 3.8) is 0 Å². The maximum absolute atomic E-state index is 11.8. The third-order valence-corrected chi connectivity index (χ3v) is 3.85. The lowest BCUT2D eigenvalue weighted by Gasteiger charge is -2.10. The van der Waals surface area contributed by atoms with Crippen molar-refractivity contribution in [3.8, 4) is 11.8 Å². The molecule has 6 nitrogen and oxygen atoms in total. The average molecular weight is 447 g/mol. The van der Waals surface area contributed by atoms with E-state index in [4.69, 9.17) is 15.7 Å². The van der Waals surface area contributed by atoms with Gasteiger partial charge in [-0.3, -0.25) is 10.1 Å². The summed E-state index contributed by atoms with van der Waals surface area (Å²) in [5.41, 5.74) is 6.19. The number of carbonyl (C=O) groups is 2. The van der Waals surface area contributed by atoms with Gasteiger partial charge in [-0.25, -0.2) is 4.79 Å². The first kappa shape index (κ1) is 18.5. The molecule has 0 saturated heterocycles. The minimum atomic E-state index is -1.02. The molecular formula is C18H14IN3O3. The molecule has 0 fully saturated rings. The molecule has 0 aliphatic heterocycles. The second-order valence-corrected chi connectivity index (χ2v) is 6.19. The van der Waals surface area contributed by atoms with Crippen molar-refractivity contribution >= 4 is 40.6 Å². The highest BCUT2D eigenvalue weighted by Crippen LogP contribution is 2.22. The zero-order valence-electron chi connectivity index (χ0n) is 13.0. The number of nitrogens with zero attached hydrogens (tertiary/aromatic N) is 1. The number of nitriles is 1. The van der Waals surface area contributed by atoms with Crippen LogP contribution in [0.25, 0.3) is 6.08 Å². The number of rotatable bonds is 5. The van der Waals surface area contributed by atoms with E-state index >= 15 is 0 Å². The monoisotopic (exact) mass is 447 g/mol. The second kappa shape index (κ2) is 8.84. The smallest absolute Gasteiger partial charge is 0.319 e. The highest BCUT2D eigenvalue weighted by atomic mass is 127. The van der Waals surface area contributed by atoms with E-state index in [0.717, 1.165) is 9.13 Å². The van der Waals surface area contributed by atoms with E-state index in [2.05, 4.69) is 22.6 Å². The average Bonchev–Trinajstić information content (AvgIpc) is 2.59. The van der Waals surface area contributed by atoms with Crippen LogP contribution in [0.5, 0.6) is 5.75 Å². The van der Waals surface area contributed by atoms with Gasteiger partial charge in [-0.15, -0.1) is 0 Å². The van der Waals surface area contributed by atoms with E-state index in [1.165, 1.54) is 6.08 Å². The quantitative estimate of drug-likeness (QED) is 0.418. The third kappa shape index (κ3) is 5.61. The van der Waals surface area contributed by atoms with Crippen LogP contribution in [0.4, 0.5) is 4.79 Å². The fourth-order valence-electron chi connectivity index (χ4n) is 1.96. The summed E-state index contributed by atoms with van der Waals surface area (Å²) in [6.07, 6.45) is 1.35. The van der Waals surface area contributed by atoms with Crippen molar-refractivity contribution in [1.29, 1.82) is 5.26 Å². The molecule has 3 amide bonds. The van der Waals surface area contributed by atoms with Gasteiger partial charge >= 0.3 is 6.03 Å². The minimum Gasteiger partial charge on any atom is -0.488 e. The maximum atomic E-state index is 11.8. The molecule has 2 aromatic carbocycles.